The molecule has 0 aliphatic heterocycles. The van der Waals surface area contributed by atoms with Crippen molar-refractivity contribution < 1.29 is 23.9 Å². The summed E-state index contributed by atoms with van der Waals surface area (Å²) in [5, 5.41) is 3.37. The fraction of sp³-hybridized carbons (Fsp3) is 0.417. The van der Waals surface area contributed by atoms with E-state index in [1.807, 2.05) is 35.8 Å². The number of hydrogen-bond donors (Lipinski definition) is 1. The summed E-state index contributed by atoms with van der Waals surface area (Å²) in [5.74, 6) is -0.826. The fourth-order valence-electron chi connectivity index (χ4n) is 3.97. The van der Waals surface area contributed by atoms with E-state index < -0.39 is 5.97 Å². The van der Waals surface area contributed by atoms with E-state index in [2.05, 4.69) is 10.3 Å². The van der Waals surface area contributed by atoms with Gasteiger partial charge in [0.2, 0.25) is 5.91 Å². The van der Waals surface area contributed by atoms with E-state index in [1.165, 1.54) is 41.5 Å². The second-order valence-corrected chi connectivity index (χ2v) is 10.9. The van der Waals surface area contributed by atoms with Crippen LogP contribution in [0.15, 0.2) is 29.3 Å². The molecule has 0 spiro atoms. The summed E-state index contributed by atoms with van der Waals surface area (Å²) in [6.45, 7) is 3.71. The largest absolute Gasteiger partial charge is 0.465 e. The topological polar surface area (TPSA) is 99.0 Å². The van der Waals surface area contributed by atoms with Gasteiger partial charge in [-0.3, -0.25) is 9.59 Å². The van der Waals surface area contributed by atoms with Crippen molar-refractivity contribution in [1.29, 1.82) is 0 Å². The van der Waals surface area contributed by atoms with Crippen molar-refractivity contribution in [3.8, 4) is 0 Å². The molecule has 186 valence electrons. The number of para-hydroxylation sites is 1. The number of carbonyl (C=O) groups excluding carboxylic acids is 3. The Bertz CT molecular complexity index is 1310. The number of hydrogen-bond acceptors (Lipinski definition) is 8. The Morgan fingerprint density at radius 2 is 2.00 bits per heavy atom. The standard InChI is InChI=1S/C24H27N3O5S3/c1-3-32-12-11-27-16-8-4-5-9-18(16)35-24(27)26-20(29)14-33-13-19(28)25-22-21(23(30)31-2)15-7-6-10-17(15)34-22/h4-5,8-9H,3,6-7,10-14H2,1-2H3,(H,25,28). The summed E-state index contributed by atoms with van der Waals surface area (Å²) in [4.78, 5) is 43.4. The zero-order chi connectivity index (χ0) is 24.8. The maximum Gasteiger partial charge on any atom is 0.341 e. The van der Waals surface area contributed by atoms with Crippen LogP contribution in [0.1, 0.15) is 34.1 Å². The number of ether oxygens (including phenoxy) is 2. The number of esters is 1. The monoisotopic (exact) mass is 533 g/mol. The summed E-state index contributed by atoms with van der Waals surface area (Å²) in [5.41, 5.74) is 2.47. The molecule has 0 atom stereocenters. The van der Waals surface area contributed by atoms with Crippen LogP contribution < -0.4 is 10.1 Å². The van der Waals surface area contributed by atoms with Crippen LogP contribution in [-0.4, -0.2) is 54.2 Å². The van der Waals surface area contributed by atoms with Gasteiger partial charge in [-0.05, 0) is 43.9 Å². The van der Waals surface area contributed by atoms with E-state index in [9.17, 15) is 14.4 Å². The van der Waals surface area contributed by atoms with Gasteiger partial charge in [0.15, 0.2) is 4.80 Å². The molecule has 0 saturated carbocycles. The molecule has 0 fully saturated rings. The first-order valence-corrected chi connectivity index (χ1v) is 14.1. The Morgan fingerprint density at radius 1 is 1.17 bits per heavy atom. The minimum Gasteiger partial charge on any atom is -0.465 e. The summed E-state index contributed by atoms with van der Waals surface area (Å²) in [6, 6.07) is 7.92. The van der Waals surface area contributed by atoms with Gasteiger partial charge < -0.3 is 19.4 Å². The van der Waals surface area contributed by atoms with Crippen LogP contribution in [0.2, 0.25) is 0 Å². The highest BCUT2D eigenvalue weighted by molar-refractivity contribution is 8.00. The van der Waals surface area contributed by atoms with Crippen molar-refractivity contribution in [3.63, 3.8) is 0 Å². The third-order valence-corrected chi connectivity index (χ3v) is 8.68. The number of nitrogens with zero attached hydrogens (tertiary/aromatic N) is 2. The molecule has 2 amide bonds. The van der Waals surface area contributed by atoms with Crippen LogP contribution in [0.3, 0.4) is 0 Å². The average molecular weight is 534 g/mol. The molecule has 1 aromatic carbocycles. The van der Waals surface area contributed by atoms with Crippen LogP contribution in [-0.2, 0) is 38.4 Å². The van der Waals surface area contributed by atoms with Crippen molar-refractivity contribution >= 4 is 67.4 Å². The van der Waals surface area contributed by atoms with E-state index in [4.69, 9.17) is 9.47 Å². The molecule has 2 heterocycles. The number of aromatic nitrogens is 1. The second kappa shape index (κ2) is 12.0. The van der Waals surface area contributed by atoms with Crippen LogP contribution in [0, 0.1) is 0 Å². The maximum absolute atomic E-state index is 12.6. The number of carbonyl (C=O) groups is 3. The van der Waals surface area contributed by atoms with Gasteiger partial charge in [0.25, 0.3) is 5.91 Å². The van der Waals surface area contributed by atoms with Gasteiger partial charge in [0, 0.05) is 18.0 Å². The first-order chi connectivity index (χ1) is 17.0. The van der Waals surface area contributed by atoms with Gasteiger partial charge in [-0.1, -0.05) is 23.5 Å². The number of benzene rings is 1. The molecule has 0 saturated heterocycles. The van der Waals surface area contributed by atoms with Gasteiger partial charge in [0.05, 0.1) is 41.0 Å². The highest BCUT2D eigenvalue weighted by atomic mass is 32.2. The Hall–Kier alpha value is -2.47. The van der Waals surface area contributed by atoms with Crippen LogP contribution in [0.25, 0.3) is 10.2 Å². The van der Waals surface area contributed by atoms with E-state index >= 15 is 0 Å². The number of nitrogens with one attached hydrogen (secondary N) is 1. The first-order valence-electron chi connectivity index (χ1n) is 11.4. The molecule has 0 unspecified atom stereocenters. The highest BCUT2D eigenvalue weighted by Crippen LogP contribution is 2.39. The number of thiophene rings is 1. The average Bonchev–Trinajstić information content (AvgIpc) is 3.52. The molecular weight excluding hydrogens is 506 g/mol. The molecule has 0 radical (unpaired) electrons. The summed E-state index contributed by atoms with van der Waals surface area (Å²) < 4.78 is 13.4. The number of amides is 2. The number of fused-ring (bicyclic) bond motifs is 2. The van der Waals surface area contributed by atoms with Gasteiger partial charge in [-0.25, -0.2) is 4.79 Å². The Balaban J connectivity index is 1.38. The molecule has 4 rings (SSSR count). The molecule has 35 heavy (non-hydrogen) atoms. The number of methoxy groups -OCH3 is 1. The van der Waals surface area contributed by atoms with Crippen molar-refractivity contribution in [3.05, 3.63) is 45.1 Å². The number of aryl methyl sites for hydroxylation is 1. The van der Waals surface area contributed by atoms with E-state index in [-0.39, 0.29) is 23.3 Å². The van der Waals surface area contributed by atoms with Gasteiger partial charge in [-0.2, -0.15) is 4.99 Å². The van der Waals surface area contributed by atoms with E-state index in [0.29, 0.717) is 35.1 Å². The van der Waals surface area contributed by atoms with E-state index in [1.54, 1.807) is 0 Å². The molecule has 0 bridgehead atoms. The first kappa shape index (κ1) is 25.6. The Kier molecular flexibility index (Phi) is 8.77. The zero-order valence-corrected chi connectivity index (χ0v) is 22.1. The van der Waals surface area contributed by atoms with Crippen molar-refractivity contribution in [1.82, 2.24) is 4.57 Å². The number of anilines is 1. The van der Waals surface area contributed by atoms with Gasteiger partial charge in [0.1, 0.15) is 5.00 Å². The molecule has 11 heteroatoms. The predicted octanol–water partition coefficient (Wildman–Crippen LogP) is 3.88. The third-order valence-electron chi connectivity index (χ3n) is 5.49. The second-order valence-electron chi connectivity index (χ2n) is 7.80. The molecule has 2 aromatic heterocycles. The van der Waals surface area contributed by atoms with Crippen molar-refractivity contribution in [2.45, 2.75) is 32.7 Å². The highest BCUT2D eigenvalue weighted by Gasteiger charge is 2.28. The molecule has 3 aromatic rings. The maximum atomic E-state index is 12.6. The molecule has 1 aliphatic carbocycles. The molecular formula is C24H27N3O5S3. The summed E-state index contributed by atoms with van der Waals surface area (Å²) in [7, 11) is 1.34. The summed E-state index contributed by atoms with van der Waals surface area (Å²) >= 11 is 4.09. The molecule has 1 N–H and O–H groups in total. The quantitative estimate of drug-likeness (QED) is 0.314. The number of thiazole rings is 1. The number of rotatable bonds is 10. The lowest BCUT2D eigenvalue weighted by Crippen LogP contribution is -2.20. The lowest BCUT2D eigenvalue weighted by molar-refractivity contribution is -0.115. The lowest BCUT2D eigenvalue weighted by Gasteiger charge is -2.07. The SMILES string of the molecule is CCOCCn1c(=NC(=O)CSCC(=O)Nc2sc3c(c2C(=O)OC)CCC3)sc2ccccc21. The third kappa shape index (κ3) is 6.03. The molecule has 1 aliphatic rings. The zero-order valence-electron chi connectivity index (χ0n) is 19.6. The van der Waals surface area contributed by atoms with Crippen LogP contribution in [0.4, 0.5) is 5.00 Å². The Labute approximate surface area is 215 Å². The lowest BCUT2D eigenvalue weighted by atomic mass is 10.1. The van der Waals surface area contributed by atoms with Crippen LogP contribution in [0.5, 0.6) is 0 Å². The predicted molar refractivity (Wildman–Crippen MR) is 141 cm³/mol. The van der Waals surface area contributed by atoms with E-state index in [0.717, 1.165) is 39.9 Å². The molecule has 8 nitrogen and oxygen atoms in total. The van der Waals surface area contributed by atoms with Crippen molar-refractivity contribution in [2.75, 3.05) is 37.1 Å². The number of thioether (sulfide) groups is 1. The minimum atomic E-state index is -0.428. The van der Waals surface area contributed by atoms with Gasteiger partial charge in [-0.15, -0.1) is 23.1 Å². The smallest absolute Gasteiger partial charge is 0.341 e. The fourth-order valence-corrected chi connectivity index (χ4v) is 6.93. The summed E-state index contributed by atoms with van der Waals surface area (Å²) in [6.07, 6.45) is 2.73. The van der Waals surface area contributed by atoms with Crippen LogP contribution >= 0.6 is 34.4 Å². The Morgan fingerprint density at radius 3 is 2.80 bits per heavy atom. The van der Waals surface area contributed by atoms with Gasteiger partial charge >= 0.3 is 5.97 Å². The van der Waals surface area contributed by atoms with Crippen molar-refractivity contribution in [2.24, 2.45) is 4.99 Å². The normalized spacial score (nSPS) is 13.3. The minimum absolute atomic E-state index is 0.0813.